The molecule has 1 aliphatic rings. The van der Waals surface area contributed by atoms with Crippen molar-refractivity contribution >= 4 is 0 Å². The Morgan fingerprint density at radius 3 is 2.61 bits per heavy atom. The third-order valence-electron chi connectivity index (χ3n) is 3.54. The van der Waals surface area contributed by atoms with Crippen molar-refractivity contribution in [2.24, 2.45) is 5.73 Å². The molecule has 0 radical (unpaired) electrons. The second-order valence-electron chi connectivity index (χ2n) is 4.98. The number of aliphatic hydroxyl groups is 1. The lowest BCUT2D eigenvalue weighted by Gasteiger charge is -2.26. The lowest BCUT2D eigenvalue weighted by Crippen LogP contribution is -2.29. The second kappa shape index (κ2) is 6.27. The van der Waals surface area contributed by atoms with Crippen molar-refractivity contribution in [3.8, 4) is 0 Å². The van der Waals surface area contributed by atoms with Crippen LogP contribution in [0.1, 0.15) is 36.4 Å². The Labute approximate surface area is 107 Å². The van der Waals surface area contributed by atoms with Crippen LogP contribution in [0.3, 0.4) is 0 Å². The molecule has 18 heavy (non-hydrogen) atoms. The molecule has 0 saturated carbocycles. The van der Waals surface area contributed by atoms with Crippen LogP contribution in [0.15, 0.2) is 18.2 Å². The summed E-state index contributed by atoms with van der Waals surface area (Å²) in [4.78, 5) is 2.29. The fraction of sp³-hybridized carbons (Fsp3) is 0.571. The summed E-state index contributed by atoms with van der Waals surface area (Å²) in [5.41, 5.74) is 7.03. The molecular formula is C14H21FN2O. The average Bonchev–Trinajstić information content (AvgIpc) is 2.41. The third-order valence-corrected chi connectivity index (χ3v) is 3.54. The van der Waals surface area contributed by atoms with Gasteiger partial charge in [0.15, 0.2) is 0 Å². The van der Waals surface area contributed by atoms with Crippen LogP contribution in [0.2, 0.25) is 0 Å². The van der Waals surface area contributed by atoms with Gasteiger partial charge in [-0.25, -0.2) is 4.39 Å². The Hall–Kier alpha value is -0.970. The fourth-order valence-electron chi connectivity index (χ4n) is 2.39. The van der Waals surface area contributed by atoms with E-state index in [9.17, 15) is 4.39 Å². The minimum Gasteiger partial charge on any atom is -0.394 e. The molecule has 4 heteroatoms. The molecule has 0 amide bonds. The third kappa shape index (κ3) is 3.28. The molecular weight excluding hydrogens is 231 g/mol. The molecule has 100 valence electrons. The van der Waals surface area contributed by atoms with E-state index < -0.39 is 6.04 Å². The summed E-state index contributed by atoms with van der Waals surface area (Å²) in [5, 5.41) is 8.95. The fourth-order valence-corrected chi connectivity index (χ4v) is 2.39. The number of nitrogens with zero attached hydrogens (tertiary/aromatic N) is 1. The van der Waals surface area contributed by atoms with E-state index in [0.717, 1.165) is 13.1 Å². The number of likely N-dealkylation sites (tertiary alicyclic amines) is 1. The van der Waals surface area contributed by atoms with E-state index in [0.29, 0.717) is 17.7 Å². The lowest BCUT2D eigenvalue weighted by molar-refractivity contribution is 0.218. The zero-order valence-corrected chi connectivity index (χ0v) is 10.6. The Kier molecular flexibility index (Phi) is 4.69. The smallest absolute Gasteiger partial charge is 0.128 e. The molecule has 1 unspecified atom stereocenters. The molecule has 3 nitrogen and oxygen atoms in total. The van der Waals surface area contributed by atoms with Crippen molar-refractivity contribution < 1.29 is 9.50 Å². The highest BCUT2D eigenvalue weighted by atomic mass is 19.1. The largest absolute Gasteiger partial charge is 0.394 e. The number of benzene rings is 1. The molecule has 1 aromatic carbocycles. The molecule has 1 aliphatic heterocycles. The predicted octanol–water partition coefficient (Wildman–Crippen LogP) is 1.80. The normalized spacial score (nSPS) is 18.8. The molecule has 1 heterocycles. The van der Waals surface area contributed by atoms with E-state index in [2.05, 4.69) is 4.90 Å². The first-order valence-electron chi connectivity index (χ1n) is 6.58. The molecule has 0 aromatic heterocycles. The van der Waals surface area contributed by atoms with Crippen LogP contribution in [-0.4, -0.2) is 29.7 Å². The van der Waals surface area contributed by atoms with Crippen LogP contribution >= 0.6 is 0 Å². The number of halogens is 1. The van der Waals surface area contributed by atoms with Crippen LogP contribution in [0.5, 0.6) is 0 Å². The van der Waals surface area contributed by atoms with Crippen molar-refractivity contribution in [2.75, 3.05) is 19.7 Å². The van der Waals surface area contributed by atoms with E-state index in [-0.39, 0.29) is 12.4 Å². The Balaban J connectivity index is 2.04. The van der Waals surface area contributed by atoms with Crippen LogP contribution in [-0.2, 0) is 6.54 Å². The van der Waals surface area contributed by atoms with Crippen molar-refractivity contribution in [1.82, 2.24) is 4.90 Å². The number of nitrogens with two attached hydrogens (primary N) is 1. The van der Waals surface area contributed by atoms with E-state index >= 15 is 0 Å². The van der Waals surface area contributed by atoms with Crippen LogP contribution in [0.25, 0.3) is 0 Å². The topological polar surface area (TPSA) is 49.5 Å². The van der Waals surface area contributed by atoms with Crippen molar-refractivity contribution in [2.45, 2.75) is 31.8 Å². The van der Waals surface area contributed by atoms with Gasteiger partial charge in [0.25, 0.3) is 0 Å². The van der Waals surface area contributed by atoms with Crippen molar-refractivity contribution in [1.29, 1.82) is 0 Å². The van der Waals surface area contributed by atoms with E-state index in [1.807, 2.05) is 6.07 Å². The van der Waals surface area contributed by atoms with Gasteiger partial charge in [-0.15, -0.1) is 0 Å². The summed E-state index contributed by atoms with van der Waals surface area (Å²) < 4.78 is 13.9. The molecule has 1 aromatic rings. The first-order chi connectivity index (χ1) is 8.70. The maximum absolute atomic E-state index is 13.9. The zero-order valence-electron chi connectivity index (χ0n) is 10.6. The molecule has 1 saturated heterocycles. The van der Waals surface area contributed by atoms with Gasteiger partial charge in [-0.3, -0.25) is 4.90 Å². The quantitative estimate of drug-likeness (QED) is 0.859. The summed E-state index contributed by atoms with van der Waals surface area (Å²) in [5.74, 6) is -0.220. The Morgan fingerprint density at radius 1 is 1.28 bits per heavy atom. The zero-order chi connectivity index (χ0) is 13.0. The van der Waals surface area contributed by atoms with Gasteiger partial charge in [0.05, 0.1) is 12.6 Å². The van der Waals surface area contributed by atoms with Crippen molar-refractivity contribution in [3.63, 3.8) is 0 Å². The van der Waals surface area contributed by atoms with Gasteiger partial charge in [-0.1, -0.05) is 18.6 Å². The number of rotatable bonds is 4. The van der Waals surface area contributed by atoms with E-state index in [1.165, 1.54) is 25.3 Å². The highest BCUT2D eigenvalue weighted by molar-refractivity contribution is 5.26. The lowest BCUT2D eigenvalue weighted by atomic mass is 10.0. The van der Waals surface area contributed by atoms with Gasteiger partial charge in [0.1, 0.15) is 5.82 Å². The van der Waals surface area contributed by atoms with Gasteiger partial charge in [-0.05, 0) is 37.6 Å². The molecule has 1 fully saturated rings. The molecule has 0 spiro atoms. The van der Waals surface area contributed by atoms with Gasteiger partial charge in [0, 0.05) is 12.1 Å². The van der Waals surface area contributed by atoms with Gasteiger partial charge in [-0.2, -0.15) is 0 Å². The molecule has 3 N–H and O–H groups in total. The van der Waals surface area contributed by atoms with Crippen LogP contribution in [0.4, 0.5) is 4.39 Å². The van der Waals surface area contributed by atoms with Crippen molar-refractivity contribution in [3.05, 3.63) is 35.1 Å². The molecule has 0 bridgehead atoms. The van der Waals surface area contributed by atoms with Gasteiger partial charge >= 0.3 is 0 Å². The summed E-state index contributed by atoms with van der Waals surface area (Å²) in [6.07, 6.45) is 3.69. The van der Waals surface area contributed by atoms with E-state index in [4.69, 9.17) is 10.8 Å². The van der Waals surface area contributed by atoms with Crippen LogP contribution < -0.4 is 5.73 Å². The van der Waals surface area contributed by atoms with Gasteiger partial charge in [0.2, 0.25) is 0 Å². The maximum atomic E-state index is 13.9. The highest BCUT2D eigenvalue weighted by Gasteiger charge is 2.14. The average molecular weight is 252 g/mol. The summed E-state index contributed by atoms with van der Waals surface area (Å²) in [7, 11) is 0. The molecule has 2 rings (SSSR count). The SMILES string of the molecule is NC(CO)c1ccc(CN2CCCCC2)c(F)c1. The minimum absolute atomic E-state index is 0.162. The number of aliphatic hydroxyl groups excluding tert-OH is 1. The molecule has 0 aliphatic carbocycles. The summed E-state index contributed by atoms with van der Waals surface area (Å²) >= 11 is 0. The molecule has 1 atom stereocenters. The monoisotopic (exact) mass is 252 g/mol. The first-order valence-corrected chi connectivity index (χ1v) is 6.58. The Bertz CT molecular complexity index is 391. The number of hydrogen-bond donors (Lipinski definition) is 2. The van der Waals surface area contributed by atoms with Gasteiger partial charge < -0.3 is 10.8 Å². The minimum atomic E-state index is -0.497. The summed E-state index contributed by atoms with van der Waals surface area (Å²) in [6, 6.07) is 4.54. The standard InChI is InChI=1S/C14H21FN2O/c15-13-8-11(14(16)10-18)4-5-12(13)9-17-6-2-1-3-7-17/h4-5,8,14,18H,1-3,6-7,9-10,16H2. The second-order valence-corrected chi connectivity index (χ2v) is 4.98. The van der Waals surface area contributed by atoms with Crippen LogP contribution in [0, 0.1) is 5.82 Å². The highest BCUT2D eigenvalue weighted by Crippen LogP contribution is 2.18. The first kappa shape index (κ1) is 13.5. The number of hydrogen-bond acceptors (Lipinski definition) is 3. The Morgan fingerprint density at radius 2 is 2.00 bits per heavy atom. The maximum Gasteiger partial charge on any atom is 0.128 e. The van der Waals surface area contributed by atoms with E-state index in [1.54, 1.807) is 6.07 Å². The number of piperidine rings is 1. The summed E-state index contributed by atoms with van der Waals surface area (Å²) in [6.45, 7) is 2.61. The predicted molar refractivity (Wildman–Crippen MR) is 69.5 cm³/mol.